The number of ether oxygens (including phenoxy) is 4. The Morgan fingerprint density at radius 3 is 2.45 bits per heavy atom. The lowest BCUT2D eigenvalue weighted by molar-refractivity contribution is -0.135. The fourth-order valence-corrected chi connectivity index (χ4v) is 5.35. The lowest BCUT2D eigenvalue weighted by Gasteiger charge is -2.34. The van der Waals surface area contributed by atoms with Gasteiger partial charge < -0.3 is 23.8 Å². The number of methoxy groups -OCH3 is 1. The van der Waals surface area contributed by atoms with Gasteiger partial charge in [0.05, 0.1) is 17.7 Å². The molecule has 200 valence electrons. The highest BCUT2D eigenvalue weighted by molar-refractivity contribution is 7.92. The minimum Gasteiger partial charge on any atom is -0.497 e. The summed E-state index contributed by atoms with van der Waals surface area (Å²) in [4.78, 5) is 16.8. The topological polar surface area (TPSA) is 107 Å². The van der Waals surface area contributed by atoms with Gasteiger partial charge in [0.2, 0.25) is 6.79 Å². The number of carbonyl (C=O) groups excluding carboxylic acids is 1. The summed E-state index contributed by atoms with van der Waals surface area (Å²) in [5, 5.41) is 0. The minimum absolute atomic E-state index is 0.0811. The van der Waals surface area contributed by atoms with Gasteiger partial charge in [0.1, 0.15) is 11.5 Å². The molecule has 10 nitrogen and oxygen atoms in total. The van der Waals surface area contributed by atoms with Gasteiger partial charge in [0.25, 0.3) is 15.9 Å². The number of fused-ring (bicyclic) bond motifs is 1. The van der Waals surface area contributed by atoms with E-state index in [1.807, 2.05) is 18.2 Å². The SMILES string of the molecule is COc1cccc(NS(=O)(=O)c2ccc(OCC(=O)N3CCN(Cc4ccc5c(c4)OCO5)CC3)cc2)c1. The molecular weight excluding hydrogens is 510 g/mol. The van der Waals surface area contributed by atoms with Gasteiger partial charge in [-0.05, 0) is 54.1 Å². The van der Waals surface area contributed by atoms with E-state index in [4.69, 9.17) is 18.9 Å². The predicted octanol–water partition coefficient (Wildman–Crippen LogP) is 2.95. The standard InChI is InChI=1S/C27H29N3O7S/c1-34-23-4-2-3-21(16-23)28-38(32,33)24-8-6-22(7-9-24)35-18-27(31)30-13-11-29(12-14-30)17-20-5-10-25-26(15-20)37-19-36-25/h2-10,15-16,28H,11-14,17-19H2,1H3. The highest BCUT2D eigenvalue weighted by Crippen LogP contribution is 2.33. The fourth-order valence-electron chi connectivity index (χ4n) is 4.30. The van der Waals surface area contributed by atoms with Gasteiger partial charge in [0, 0.05) is 38.8 Å². The molecule has 1 N–H and O–H groups in total. The lowest BCUT2D eigenvalue weighted by Crippen LogP contribution is -2.49. The van der Waals surface area contributed by atoms with Gasteiger partial charge in [-0.15, -0.1) is 0 Å². The average molecular weight is 540 g/mol. The van der Waals surface area contributed by atoms with Gasteiger partial charge in [-0.25, -0.2) is 8.42 Å². The zero-order valence-corrected chi connectivity index (χ0v) is 21.8. The Bertz CT molecular complexity index is 1390. The van der Waals surface area contributed by atoms with Gasteiger partial charge in [-0.1, -0.05) is 12.1 Å². The Morgan fingerprint density at radius 1 is 0.921 bits per heavy atom. The summed E-state index contributed by atoms with van der Waals surface area (Å²) < 4.78 is 49.5. The molecule has 1 saturated heterocycles. The number of sulfonamides is 1. The molecule has 3 aromatic carbocycles. The summed E-state index contributed by atoms with van der Waals surface area (Å²) in [6, 6.07) is 18.6. The van der Waals surface area contributed by atoms with E-state index in [0.29, 0.717) is 30.3 Å². The van der Waals surface area contributed by atoms with Crippen LogP contribution in [0.2, 0.25) is 0 Å². The molecule has 2 aliphatic heterocycles. The maximum absolute atomic E-state index is 12.7. The quantitative estimate of drug-likeness (QED) is 0.443. The molecule has 1 fully saturated rings. The fraction of sp³-hybridized carbons (Fsp3) is 0.296. The number of anilines is 1. The van der Waals surface area contributed by atoms with Crippen molar-refractivity contribution in [3.05, 3.63) is 72.3 Å². The second-order valence-electron chi connectivity index (χ2n) is 8.94. The van der Waals surface area contributed by atoms with Crippen molar-refractivity contribution in [3.63, 3.8) is 0 Å². The van der Waals surface area contributed by atoms with Crippen LogP contribution in [0, 0.1) is 0 Å². The summed E-state index contributed by atoms with van der Waals surface area (Å²) in [5.41, 5.74) is 1.53. The van der Waals surface area contributed by atoms with Crippen LogP contribution in [0.15, 0.2) is 71.6 Å². The molecule has 2 aliphatic rings. The number of rotatable bonds is 9. The van der Waals surface area contributed by atoms with E-state index in [2.05, 4.69) is 9.62 Å². The third-order valence-corrected chi connectivity index (χ3v) is 7.78. The Hall–Kier alpha value is -3.96. The zero-order valence-electron chi connectivity index (χ0n) is 21.0. The Balaban J connectivity index is 1.08. The van der Waals surface area contributed by atoms with Crippen molar-refractivity contribution in [1.29, 1.82) is 0 Å². The van der Waals surface area contributed by atoms with E-state index >= 15 is 0 Å². The monoisotopic (exact) mass is 539 g/mol. The van der Waals surface area contributed by atoms with Crippen molar-refractivity contribution in [2.24, 2.45) is 0 Å². The third-order valence-electron chi connectivity index (χ3n) is 6.39. The van der Waals surface area contributed by atoms with Crippen molar-refractivity contribution in [2.45, 2.75) is 11.4 Å². The number of benzene rings is 3. The predicted molar refractivity (Wildman–Crippen MR) is 140 cm³/mol. The number of nitrogens with one attached hydrogen (secondary N) is 1. The molecular formula is C27H29N3O7S. The second kappa shape index (κ2) is 11.2. The van der Waals surface area contributed by atoms with E-state index in [0.717, 1.165) is 36.7 Å². The van der Waals surface area contributed by atoms with Gasteiger partial charge >= 0.3 is 0 Å². The van der Waals surface area contributed by atoms with Crippen LogP contribution in [0.25, 0.3) is 0 Å². The molecule has 11 heteroatoms. The van der Waals surface area contributed by atoms with E-state index in [1.54, 1.807) is 29.2 Å². The molecule has 5 rings (SSSR count). The number of amides is 1. The van der Waals surface area contributed by atoms with Crippen LogP contribution in [-0.2, 0) is 21.4 Å². The van der Waals surface area contributed by atoms with Crippen LogP contribution in [-0.4, -0.2) is 70.8 Å². The first kappa shape index (κ1) is 25.7. The van der Waals surface area contributed by atoms with Crippen LogP contribution in [0.5, 0.6) is 23.0 Å². The second-order valence-corrected chi connectivity index (χ2v) is 10.6. The number of hydrogen-bond donors (Lipinski definition) is 1. The van der Waals surface area contributed by atoms with E-state index < -0.39 is 10.0 Å². The van der Waals surface area contributed by atoms with Crippen molar-refractivity contribution < 1.29 is 32.2 Å². The van der Waals surface area contributed by atoms with Crippen molar-refractivity contribution in [2.75, 3.05) is 51.4 Å². The molecule has 3 aromatic rings. The zero-order chi connectivity index (χ0) is 26.5. The van der Waals surface area contributed by atoms with E-state index in [9.17, 15) is 13.2 Å². The lowest BCUT2D eigenvalue weighted by atomic mass is 10.1. The summed E-state index contributed by atoms with van der Waals surface area (Å²) in [6.07, 6.45) is 0. The number of hydrogen-bond acceptors (Lipinski definition) is 8. The molecule has 0 unspecified atom stereocenters. The normalized spacial score (nSPS) is 15.2. The number of nitrogens with zero attached hydrogens (tertiary/aromatic N) is 2. The highest BCUT2D eigenvalue weighted by atomic mass is 32.2. The van der Waals surface area contributed by atoms with E-state index in [-0.39, 0.29) is 24.2 Å². The van der Waals surface area contributed by atoms with Crippen LogP contribution in [0.4, 0.5) is 5.69 Å². The first-order chi connectivity index (χ1) is 18.4. The van der Waals surface area contributed by atoms with Gasteiger partial charge in [-0.3, -0.25) is 14.4 Å². The van der Waals surface area contributed by atoms with Gasteiger partial charge in [0.15, 0.2) is 18.1 Å². The summed E-state index contributed by atoms with van der Waals surface area (Å²) in [5.74, 6) is 2.39. The molecule has 0 bridgehead atoms. The molecule has 2 heterocycles. The number of piperazine rings is 1. The first-order valence-electron chi connectivity index (χ1n) is 12.2. The molecule has 1 amide bonds. The summed E-state index contributed by atoms with van der Waals surface area (Å²) >= 11 is 0. The summed E-state index contributed by atoms with van der Waals surface area (Å²) in [7, 11) is -2.27. The molecule has 0 saturated carbocycles. The Morgan fingerprint density at radius 2 is 1.68 bits per heavy atom. The van der Waals surface area contributed by atoms with Crippen LogP contribution in [0.1, 0.15) is 5.56 Å². The summed E-state index contributed by atoms with van der Waals surface area (Å²) in [6.45, 7) is 3.65. The molecule has 0 atom stereocenters. The van der Waals surface area contributed by atoms with Crippen molar-refractivity contribution >= 4 is 21.6 Å². The number of carbonyl (C=O) groups is 1. The largest absolute Gasteiger partial charge is 0.497 e. The van der Waals surface area contributed by atoms with Gasteiger partial charge in [-0.2, -0.15) is 0 Å². The first-order valence-corrected chi connectivity index (χ1v) is 13.7. The third kappa shape index (κ3) is 6.12. The molecule has 0 aromatic heterocycles. The molecule has 0 spiro atoms. The highest BCUT2D eigenvalue weighted by Gasteiger charge is 2.22. The van der Waals surface area contributed by atoms with Crippen LogP contribution < -0.4 is 23.7 Å². The average Bonchev–Trinajstić information content (AvgIpc) is 3.40. The maximum Gasteiger partial charge on any atom is 0.261 e. The van der Waals surface area contributed by atoms with Crippen LogP contribution in [0.3, 0.4) is 0 Å². The van der Waals surface area contributed by atoms with Crippen molar-refractivity contribution in [1.82, 2.24) is 9.80 Å². The smallest absolute Gasteiger partial charge is 0.261 e. The van der Waals surface area contributed by atoms with E-state index in [1.165, 1.54) is 31.4 Å². The Kier molecular flexibility index (Phi) is 7.57. The Labute approximate surface area is 221 Å². The molecule has 38 heavy (non-hydrogen) atoms. The molecule has 0 radical (unpaired) electrons. The maximum atomic E-state index is 12.7. The van der Waals surface area contributed by atoms with Crippen LogP contribution >= 0.6 is 0 Å². The minimum atomic E-state index is -3.79. The molecule has 0 aliphatic carbocycles. The van der Waals surface area contributed by atoms with Crippen molar-refractivity contribution in [3.8, 4) is 23.0 Å².